The predicted molar refractivity (Wildman–Crippen MR) is 131 cm³/mol. The molecular weight excluding hydrogens is 462 g/mol. The van der Waals surface area contributed by atoms with Gasteiger partial charge in [0.15, 0.2) is 5.58 Å². The number of carboxylic acid groups (broad SMARTS) is 1. The molecule has 1 N–H and O–H groups in total. The summed E-state index contributed by atoms with van der Waals surface area (Å²) in [5.41, 5.74) is 2.56. The highest BCUT2D eigenvalue weighted by atomic mass is 32.2. The van der Waals surface area contributed by atoms with E-state index in [1.165, 1.54) is 16.7 Å². The van der Waals surface area contributed by atoms with E-state index in [-0.39, 0.29) is 24.1 Å². The zero-order chi connectivity index (χ0) is 23.4. The highest BCUT2D eigenvalue weighted by molar-refractivity contribution is 8.24. The Morgan fingerprint density at radius 1 is 1.27 bits per heavy atom. The highest BCUT2D eigenvalue weighted by Crippen LogP contribution is 2.30. The van der Waals surface area contributed by atoms with Crippen molar-refractivity contribution in [2.24, 2.45) is 0 Å². The Labute approximate surface area is 200 Å². The first-order valence-corrected chi connectivity index (χ1v) is 11.7. The molecule has 4 rings (SSSR count). The fourth-order valence-corrected chi connectivity index (χ4v) is 4.98. The molecule has 10 heteroatoms. The zero-order valence-electron chi connectivity index (χ0n) is 18.0. The van der Waals surface area contributed by atoms with Gasteiger partial charge in [0.05, 0.1) is 18.2 Å². The van der Waals surface area contributed by atoms with Crippen LogP contribution in [0.4, 0.5) is 6.01 Å². The van der Waals surface area contributed by atoms with Crippen molar-refractivity contribution < 1.29 is 23.8 Å². The summed E-state index contributed by atoms with van der Waals surface area (Å²) in [5.74, 6) is -0.350. The van der Waals surface area contributed by atoms with Crippen molar-refractivity contribution >= 4 is 57.3 Å². The van der Waals surface area contributed by atoms with Gasteiger partial charge in [0.2, 0.25) is 5.91 Å². The van der Waals surface area contributed by atoms with Crippen LogP contribution in [0.3, 0.4) is 0 Å². The number of thiocarbonyl (C=S) groups is 1. The minimum atomic E-state index is -0.949. The summed E-state index contributed by atoms with van der Waals surface area (Å²) in [6.45, 7) is 1.17. The number of benzene rings is 2. The number of ether oxygens (including phenoxy) is 1. The van der Waals surface area contributed by atoms with Gasteiger partial charge < -0.3 is 19.2 Å². The van der Waals surface area contributed by atoms with Crippen molar-refractivity contribution in [3.05, 3.63) is 54.1 Å². The van der Waals surface area contributed by atoms with E-state index in [1.54, 1.807) is 0 Å². The lowest BCUT2D eigenvalue weighted by molar-refractivity contribution is -0.137. The molecule has 1 aromatic heterocycles. The van der Waals surface area contributed by atoms with Gasteiger partial charge in [-0.2, -0.15) is 4.98 Å². The number of hydrogen-bond acceptors (Lipinski definition) is 8. The number of fused-ring (bicyclic) bond motifs is 1. The molecular formula is C23H23N3O5S2. The molecule has 1 unspecified atom stereocenters. The third kappa shape index (κ3) is 5.63. The summed E-state index contributed by atoms with van der Waals surface area (Å²) in [6, 6.07) is 15.8. The first-order valence-electron chi connectivity index (χ1n) is 10.4. The molecule has 1 aliphatic heterocycles. The second kappa shape index (κ2) is 10.2. The summed E-state index contributed by atoms with van der Waals surface area (Å²) in [4.78, 5) is 31.1. The van der Waals surface area contributed by atoms with Gasteiger partial charge in [-0.15, -0.1) is 0 Å². The summed E-state index contributed by atoms with van der Waals surface area (Å²) in [5, 5.41) is 8.51. The number of anilines is 1. The molecule has 0 spiro atoms. The minimum absolute atomic E-state index is 0.112. The molecule has 3 aromatic rings. The Balaban J connectivity index is 1.26. The van der Waals surface area contributed by atoms with Crippen molar-refractivity contribution in [2.45, 2.75) is 18.1 Å². The van der Waals surface area contributed by atoms with Crippen molar-refractivity contribution in [3.63, 3.8) is 0 Å². The fraction of sp³-hybridized carbons (Fsp3) is 0.304. The number of oxazole rings is 1. The average molecular weight is 486 g/mol. The second-order valence-corrected chi connectivity index (χ2v) is 9.42. The second-order valence-electron chi connectivity index (χ2n) is 7.59. The van der Waals surface area contributed by atoms with E-state index >= 15 is 0 Å². The highest BCUT2D eigenvalue weighted by Gasteiger charge is 2.36. The van der Waals surface area contributed by atoms with E-state index in [9.17, 15) is 9.59 Å². The molecule has 0 saturated carbocycles. The molecule has 1 saturated heterocycles. The number of nitrogens with zero attached hydrogens (tertiary/aromatic N) is 3. The van der Waals surface area contributed by atoms with Gasteiger partial charge in [0.1, 0.15) is 22.2 Å². The molecule has 172 valence electrons. The van der Waals surface area contributed by atoms with Crippen LogP contribution >= 0.6 is 24.0 Å². The number of carbonyl (C=O) groups excluding carboxylic acids is 1. The van der Waals surface area contributed by atoms with Crippen LogP contribution in [0.5, 0.6) is 5.75 Å². The lowest BCUT2D eigenvalue weighted by Crippen LogP contribution is -2.33. The van der Waals surface area contributed by atoms with Crippen molar-refractivity contribution in [3.8, 4) is 5.75 Å². The van der Waals surface area contributed by atoms with Crippen LogP contribution in [0.1, 0.15) is 12.0 Å². The van der Waals surface area contributed by atoms with Crippen LogP contribution in [-0.4, -0.2) is 63.2 Å². The molecule has 33 heavy (non-hydrogen) atoms. The summed E-state index contributed by atoms with van der Waals surface area (Å²) >= 11 is 6.56. The Hall–Kier alpha value is -3.11. The third-order valence-corrected chi connectivity index (χ3v) is 6.79. The third-order valence-electron chi connectivity index (χ3n) is 5.20. The molecule has 1 atom stereocenters. The largest absolute Gasteiger partial charge is 0.492 e. The van der Waals surface area contributed by atoms with Crippen LogP contribution in [-0.2, 0) is 16.0 Å². The van der Waals surface area contributed by atoms with E-state index < -0.39 is 5.97 Å². The van der Waals surface area contributed by atoms with Gasteiger partial charge in [-0.25, -0.2) is 0 Å². The Kier molecular flexibility index (Phi) is 7.14. The van der Waals surface area contributed by atoms with Gasteiger partial charge in [-0.05, 0) is 36.2 Å². The van der Waals surface area contributed by atoms with E-state index in [0.717, 1.165) is 22.4 Å². The topological polar surface area (TPSA) is 96.1 Å². The maximum Gasteiger partial charge on any atom is 0.305 e. The molecule has 0 aliphatic carbocycles. The number of carbonyl (C=O) groups is 2. The summed E-state index contributed by atoms with van der Waals surface area (Å²) in [6.07, 6.45) is 0.404. The van der Waals surface area contributed by atoms with Crippen molar-refractivity contribution in [2.75, 3.05) is 31.6 Å². The van der Waals surface area contributed by atoms with Crippen LogP contribution < -0.4 is 9.64 Å². The van der Waals surface area contributed by atoms with Crippen LogP contribution in [0.15, 0.2) is 52.9 Å². The zero-order valence-corrected chi connectivity index (χ0v) is 19.6. The monoisotopic (exact) mass is 485 g/mol. The van der Waals surface area contributed by atoms with Crippen molar-refractivity contribution in [1.82, 2.24) is 9.88 Å². The van der Waals surface area contributed by atoms with Gasteiger partial charge in [0, 0.05) is 13.6 Å². The maximum atomic E-state index is 12.6. The number of likely N-dealkylation sites (N-methyl/N-ethyl adjacent to an activating group) is 1. The Morgan fingerprint density at radius 2 is 2.03 bits per heavy atom. The van der Waals surface area contributed by atoms with Gasteiger partial charge in [0.25, 0.3) is 6.01 Å². The number of aliphatic carboxylic acids is 1. The standard InChI is InChI=1S/C23H23N3O5S2/c1-25(22-24-17-4-2-3-5-18(17)31-22)12-13-30-16-8-6-15(7-9-16)14-19-21(29)26(23(32)33-19)11-10-20(27)28/h2-9,19H,10-14H2,1H3,(H,27,28). The molecule has 8 nitrogen and oxygen atoms in total. The molecule has 0 radical (unpaired) electrons. The molecule has 1 aliphatic rings. The predicted octanol–water partition coefficient (Wildman–Crippen LogP) is 3.59. The average Bonchev–Trinajstić information content (AvgIpc) is 3.34. The van der Waals surface area contributed by atoms with Gasteiger partial charge in [-0.3, -0.25) is 14.5 Å². The van der Waals surface area contributed by atoms with Crippen LogP contribution in [0.2, 0.25) is 0 Å². The summed E-state index contributed by atoms with van der Waals surface area (Å²) < 4.78 is 12.0. The molecule has 2 heterocycles. The van der Waals surface area contributed by atoms with Crippen molar-refractivity contribution in [1.29, 1.82) is 0 Å². The fourth-order valence-electron chi connectivity index (χ4n) is 3.39. The van der Waals surface area contributed by atoms with Crippen LogP contribution in [0, 0.1) is 0 Å². The number of hydrogen-bond donors (Lipinski definition) is 1. The molecule has 0 bridgehead atoms. The first kappa shape index (κ1) is 23.1. The number of rotatable bonds is 10. The van der Waals surface area contributed by atoms with Crippen LogP contribution in [0.25, 0.3) is 11.1 Å². The lowest BCUT2D eigenvalue weighted by Gasteiger charge is -2.15. The van der Waals surface area contributed by atoms with Gasteiger partial charge >= 0.3 is 5.97 Å². The number of carboxylic acids is 1. The van der Waals surface area contributed by atoms with E-state index in [2.05, 4.69) is 4.98 Å². The number of para-hydroxylation sites is 2. The van der Waals surface area contributed by atoms with E-state index in [4.69, 9.17) is 26.5 Å². The number of thioether (sulfide) groups is 1. The maximum absolute atomic E-state index is 12.6. The van der Waals surface area contributed by atoms with Gasteiger partial charge in [-0.1, -0.05) is 48.2 Å². The summed E-state index contributed by atoms with van der Waals surface area (Å²) in [7, 11) is 1.90. The SMILES string of the molecule is CN(CCOc1ccc(CC2SC(=S)N(CCC(=O)O)C2=O)cc1)c1nc2ccccc2o1. The molecule has 2 aromatic carbocycles. The Bertz CT molecular complexity index is 1130. The number of aromatic nitrogens is 1. The lowest BCUT2D eigenvalue weighted by atomic mass is 10.1. The van der Waals surface area contributed by atoms with E-state index in [1.807, 2.05) is 60.5 Å². The Morgan fingerprint density at radius 3 is 2.76 bits per heavy atom. The molecule has 1 fully saturated rings. The quantitative estimate of drug-likeness (QED) is 0.432. The number of amides is 1. The minimum Gasteiger partial charge on any atom is -0.492 e. The smallest absolute Gasteiger partial charge is 0.305 e. The van der Waals surface area contributed by atoms with E-state index in [0.29, 0.717) is 29.9 Å². The first-order chi connectivity index (χ1) is 15.9. The molecule has 1 amide bonds. The normalized spacial score (nSPS) is 15.9.